The highest BCUT2D eigenvalue weighted by atomic mass is 35.5. The third-order valence-electron chi connectivity index (χ3n) is 3.28. The lowest BCUT2D eigenvalue weighted by atomic mass is 10.3. The number of rotatable bonds is 7. The van der Waals surface area contributed by atoms with Gasteiger partial charge in [-0.1, -0.05) is 41.4 Å². The lowest BCUT2D eigenvalue weighted by molar-refractivity contribution is -0.146. The Labute approximate surface area is 165 Å². The number of hydrogen-bond acceptors (Lipinski definition) is 6. The van der Waals surface area contributed by atoms with Crippen LogP contribution >= 0.6 is 23.2 Å². The zero-order chi connectivity index (χ0) is 20.0. The van der Waals surface area contributed by atoms with Crippen LogP contribution in [0, 0.1) is 6.92 Å². The Hall–Kier alpha value is -2.20. The Balaban J connectivity index is 1.83. The maximum absolute atomic E-state index is 12.0. The monoisotopic (exact) mass is 431 g/mol. The minimum atomic E-state index is -3.85. The molecule has 0 fully saturated rings. The molecule has 144 valence electrons. The van der Waals surface area contributed by atoms with Gasteiger partial charge in [0, 0.05) is 6.20 Å². The van der Waals surface area contributed by atoms with Crippen LogP contribution in [-0.2, 0) is 24.3 Å². The largest absolute Gasteiger partial charge is 0.455 e. The first kappa shape index (κ1) is 21.1. The van der Waals surface area contributed by atoms with Crippen molar-refractivity contribution in [3.8, 4) is 0 Å². The van der Waals surface area contributed by atoms with Crippen molar-refractivity contribution < 1.29 is 22.7 Å². The maximum Gasteiger partial charge on any atom is 0.321 e. The SMILES string of the molecule is Cc1c(Cl)cnc(NC(=O)COC(=O)CNS(=O)(=O)c2ccccc2)c1Cl. The van der Waals surface area contributed by atoms with E-state index in [9.17, 15) is 18.0 Å². The van der Waals surface area contributed by atoms with Crippen LogP contribution in [0.5, 0.6) is 0 Å². The smallest absolute Gasteiger partial charge is 0.321 e. The lowest BCUT2D eigenvalue weighted by Gasteiger charge is -2.10. The maximum atomic E-state index is 12.0. The quantitative estimate of drug-likeness (QED) is 0.649. The van der Waals surface area contributed by atoms with Gasteiger partial charge in [0.25, 0.3) is 5.91 Å². The Bertz CT molecular complexity index is 952. The van der Waals surface area contributed by atoms with Crippen molar-refractivity contribution in [1.29, 1.82) is 0 Å². The van der Waals surface area contributed by atoms with E-state index in [1.165, 1.54) is 18.3 Å². The molecule has 1 amide bonds. The number of aromatic nitrogens is 1. The fourth-order valence-electron chi connectivity index (χ4n) is 1.85. The average molecular weight is 432 g/mol. The summed E-state index contributed by atoms with van der Waals surface area (Å²) in [6.45, 7) is 0.399. The zero-order valence-electron chi connectivity index (χ0n) is 14.0. The van der Waals surface area contributed by atoms with E-state index in [1.54, 1.807) is 25.1 Å². The molecular formula is C16H15Cl2N3O5S. The molecule has 2 N–H and O–H groups in total. The summed E-state index contributed by atoms with van der Waals surface area (Å²) in [5, 5.41) is 2.88. The number of carbonyl (C=O) groups is 2. The molecule has 0 radical (unpaired) electrons. The van der Waals surface area contributed by atoms with Gasteiger partial charge in [0.2, 0.25) is 10.0 Å². The Morgan fingerprint density at radius 1 is 1.19 bits per heavy atom. The summed E-state index contributed by atoms with van der Waals surface area (Å²) in [5.74, 6) is -1.54. The number of hydrogen-bond donors (Lipinski definition) is 2. The van der Waals surface area contributed by atoms with Gasteiger partial charge in [0.15, 0.2) is 12.4 Å². The van der Waals surface area contributed by atoms with Crippen LogP contribution in [0.2, 0.25) is 10.0 Å². The number of anilines is 1. The molecule has 0 spiro atoms. The molecule has 0 aliphatic rings. The van der Waals surface area contributed by atoms with Crippen LogP contribution in [0.1, 0.15) is 5.56 Å². The van der Waals surface area contributed by atoms with E-state index >= 15 is 0 Å². The van der Waals surface area contributed by atoms with E-state index in [0.29, 0.717) is 10.6 Å². The molecule has 11 heteroatoms. The van der Waals surface area contributed by atoms with Gasteiger partial charge in [-0.25, -0.2) is 13.4 Å². The van der Waals surface area contributed by atoms with Gasteiger partial charge >= 0.3 is 5.97 Å². The average Bonchev–Trinajstić information content (AvgIpc) is 2.66. The van der Waals surface area contributed by atoms with E-state index in [-0.39, 0.29) is 15.7 Å². The standard InChI is InChI=1S/C16H15Cl2N3O5S/c1-10-12(17)7-19-16(15(10)18)21-13(22)9-26-14(23)8-20-27(24,25)11-5-3-2-4-6-11/h2-7,20H,8-9H2,1H3,(H,19,21,22). The normalized spacial score (nSPS) is 11.1. The highest BCUT2D eigenvalue weighted by Crippen LogP contribution is 2.28. The topological polar surface area (TPSA) is 114 Å². The summed E-state index contributed by atoms with van der Waals surface area (Å²) in [4.78, 5) is 27.4. The number of ether oxygens (including phenoxy) is 1. The number of carbonyl (C=O) groups excluding carboxylic acids is 2. The van der Waals surface area contributed by atoms with Crippen molar-refractivity contribution in [3.63, 3.8) is 0 Å². The number of sulfonamides is 1. The van der Waals surface area contributed by atoms with Crippen LogP contribution in [0.25, 0.3) is 0 Å². The van der Waals surface area contributed by atoms with Crippen molar-refractivity contribution in [2.45, 2.75) is 11.8 Å². The second-order valence-corrected chi connectivity index (χ2v) is 7.79. The molecule has 8 nitrogen and oxygen atoms in total. The number of amides is 1. The van der Waals surface area contributed by atoms with Crippen molar-refractivity contribution in [1.82, 2.24) is 9.71 Å². The minimum Gasteiger partial charge on any atom is -0.455 e. The number of nitrogens with zero attached hydrogens (tertiary/aromatic N) is 1. The molecule has 0 aliphatic heterocycles. The first-order valence-corrected chi connectivity index (χ1v) is 9.75. The number of pyridine rings is 1. The van der Waals surface area contributed by atoms with Gasteiger partial charge in [-0.2, -0.15) is 4.72 Å². The van der Waals surface area contributed by atoms with Gasteiger partial charge in [-0.05, 0) is 24.6 Å². The fraction of sp³-hybridized carbons (Fsp3) is 0.188. The van der Waals surface area contributed by atoms with Crippen LogP contribution in [0.4, 0.5) is 5.82 Å². The van der Waals surface area contributed by atoms with Crippen molar-refractivity contribution in [3.05, 3.63) is 52.1 Å². The number of esters is 1. The minimum absolute atomic E-state index is 0.00867. The summed E-state index contributed by atoms with van der Waals surface area (Å²) in [6, 6.07) is 7.52. The van der Waals surface area contributed by atoms with Crippen LogP contribution in [0.15, 0.2) is 41.4 Å². The van der Waals surface area contributed by atoms with Crippen molar-refractivity contribution in [2.24, 2.45) is 0 Å². The summed E-state index contributed by atoms with van der Waals surface area (Å²) in [7, 11) is -3.85. The first-order valence-electron chi connectivity index (χ1n) is 7.51. The number of nitrogens with one attached hydrogen (secondary N) is 2. The second-order valence-electron chi connectivity index (χ2n) is 5.24. The Morgan fingerprint density at radius 2 is 1.85 bits per heavy atom. The second kappa shape index (κ2) is 9.14. The highest BCUT2D eigenvalue weighted by molar-refractivity contribution is 7.89. The van der Waals surface area contributed by atoms with E-state index in [4.69, 9.17) is 27.9 Å². The lowest BCUT2D eigenvalue weighted by Crippen LogP contribution is -2.32. The highest BCUT2D eigenvalue weighted by Gasteiger charge is 2.17. The molecule has 1 aromatic carbocycles. The molecular weight excluding hydrogens is 417 g/mol. The summed E-state index contributed by atoms with van der Waals surface area (Å²) < 4.78 is 30.8. The molecule has 0 unspecified atom stereocenters. The summed E-state index contributed by atoms with van der Waals surface area (Å²) in [5.41, 5.74) is 0.538. The van der Waals surface area contributed by atoms with Crippen LogP contribution in [0.3, 0.4) is 0 Å². The molecule has 1 heterocycles. The van der Waals surface area contributed by atoms with E-state index in [1.807, 2.05) is 0 Å². The predicted octanol–water partition coefficient (Wildman–Crippen LogP) is 2.16. The molecule has 0 bridgehead atoms. The van der Waals surface area contributed by atoms with Gasteiger partial charge < -0.3 is 10.1 Å². The van der Waals surface area contributed by atoms with Gasteiger partial charge in [0.05, 0.1) is 14.9 Å². The predicted molar refractivity (Wildman–Crippen MR) is 100 cm³/mol. The van der Waals surface area contributed by atoms with E-state index in [2.05, 4.69) is 15.0 Å². The molecule has 0 saturated carbocycles. The summed E-state index contributed by atoms with van der Waals surface area (Å²) in [6.07, 6.45) is 1.32. The molecule has 1 aromatic heterocycles. The van der Waals surface area contributed by atoms with Crippen molar-refractivity contribution >= 4 is 50.9 Å². The summed E-state index contributed by atoms with van der Waals surface area (Å²) >= 11 is 11.9. The third kappa shape index (κ3) is 5.90. The molecule has 0 saturated heterocycles. The third-order valence-corrected chi connectivity index (χ3v) is 5.55. The fourth-order valence-corrected chi connectivity index (χ4v) is 3.23. The molecule has 2 aromatic rings. The number of benzene rings is 1. The van der Waals surface area contributed by atoms with Gasteiger partial charge in [-0.15, -0.1) is 0 Å². The molecule has 2 rings (SSSR count). The Kier molecular flexibility index (Phi) is 7.14. The van der Waals surface area contributed by atoms with Crippen molar-refractivity contribution in [2.75, 3.05) is 18.5 Å². The molecule has 0 atom stereocenters. The van der Waals surface area contributed by atoms with Crippen LogP contribution in [-0.4, -0.2) is 38.4 Å². The van der Waals surface area contributed by atoms with Gasteiger partial charge in [-0.3, -0.25) is 9.59 Å². The molecule has 27 heavy (non-hydrogen) atoms. The van der Waals surface area contributed by atoms with Crippen LogP contribution < -0.4 is 10.0 Å². The number of halogens is 2. The van der Waals surface area contributed by atoms with Gasteiger partial charge in [0.1, 0.15) is 6.54 Å². The molecule has 0 aliphatic carbocycles. The zero-order valence-corrected chi connectivity index (χ0v) is 16.4. The van der Waals surface area contributed by atoms with E-state index in [0.717, 1.165) is 0 Å². The first-order chi connectivity index (χ1) is 12.7. The van der Waals surface area contributed by atoms with E-state index < -0.39 is 35.1 Å². The Morgan fingerprint density at radius 3 is 2.52 bits per heavy atom.